The van der Waals surface area contributed by atoms with Gasteiger partial charge in [0.15, 0.2) is 6.61 Å². The minimum absolute atomic E-state index is 0.0186. The van der Waals surface area contributed by atoms with Crippen LogP contribution in [-0.4, -0.2) is 12.5 Å². The van der Waals surface area contributed by atoms with E-state index >= 15 is 0 Å². The van der Waals surface area contributed by atoms with E-state index in [4.69, 9.17) is 10.5 Å². The summed E-state index contributed by atoms with van der Waals surface area (Å²) in [6.07, 6.45) is 0. The van der Waals surface area contributed by atoms with Crippen LogP contribution in [0.2, 0.25) is 0 Å². The summed E-state index contributed by atoms with van der Waals surface area (Å²) >= 11 is 0. The Bertz CT molecular complexity index is 565. The van der Waals surface area contributed by atoms with E-state index in [9.17, 15) is 4.79 Å². The Hall–Kier alpha value is -2.49. The Morgan fingerprint density at radius 1 is 1.16 bits per heavy atom. The predicted octanol–water partition coefficient (Wildman–Crippen LogP) is 2.59. The molecular formula is C15H16N2O2. The van der Waals surface area contributed by atoms with Crippen molar-refractivity contribution < 1.29 is 9.53 Å². The van der Waals surface area contributed by atoms with Crippen LogP contribution in [0.15, 0.2) is 48.5 Å². The second kappa shape index (κ2) is 5.91. The van der Waals surface area contributed by atoms with E-state index in [0.29, 0.717) is 11.4 Å². The number of benzene rings is 2. The molecule has 1 amide bonds. The third kappa shape index (κ3) is 3.74. The average Bonchev–Trinajstić information content (AvgIpc) is 2.40. The van der Waals surface area contributed by atoms with Crippen molar-refractivity contribution in [3.63, 3.8) is 0 Å². The summed E-state index contributed by atoms with van der Waals surface area (Å²) in [4.78, 5) is 11.7. The summed E-state index contributed by atoms with van der Waals surface area (Å²) in [7, 11) is 0. The van der Waals surface area contributed by atoms with Gasteiger partial charge in [0.25, 0.3) is 5.91 Å². The first-order valence-corrected chi connectivity index (χ1v) is 5.99. The van der Waals surface area contributed by atoms with Crippen LogP contribution in [-0.2, 0) is 4.79 Å². The molecule has 0 spiro atoms. The summed E-state index contributed by atoms with van der Waals surface area (Å²) < 4.78 is 5.46. The van der Waals surface area contributed by atoms with Gasteiger partial charge in [0.1, 0.15) is 5.75 Å². The van der Waals surface area contributed by atoms with Gasteiger partial charge < -0.3 is 15.8 Å². The maximum atomic E-state index is 11.7. The molecule has 0 unspecified atom stereocenters. The minimum Gasteiger partial charge on any atom is -0.483 e. The first-order chi connectivity index (χ1) is 9.15. The van der Waals surface area contributed by atoms with Crippen LogP contribution in [0.4, 0.5) is 11.4 Å². The molecule has 0 aliphatic carbocycles. The maximum Gasteiger partial charge on any atom is 0.262 e. The molecular weight excluding hydrogens is 240 g/mol. The van der Waals surface area contributed by atoms with Crippen molar-refractivity contribution in [1.29, 1.82) is 0 Å². The van der Waals surface area contributed by atoms with Gasteiger partial charge in [0.2, 0.25) is 0 Å². The third-order valence-electron chi connectivity index (χ3n) is 2.65. The lowest BCUT2D eigenvalue weighted by Crippen LogP contribution is -2.20. The quantitative estimate of drug-likeness (QED) is 0.826. The maximum absolute atomic E-state index is 11.7. The first-order valence-electron chi connectivity index (χ1n) is 5.99. The van der Waals surface area contributed by atoms with Gasteiger partial charge in [0, 0.05) is 11.4 Å². The molecule has 2 aromatic rings. The highest BCUT2D eigenvalue weighted by molar-refractivity contribution is 5.92. The zero-order chi connectivity index (χ0) is 13.7. The SMILES string of the molecule is Cc1ccccc1OCC(=O)Nc1ccc(N)cc1. The lowest BCUT2D eigenvalue weighted by molar-refractivity contribution is -0.118. The highest BCUT2D eigenvalue weighted by atomic mass is 16.5. The predicted molar refractivity (Wildman–Crippen MR) is 76.2 cm³/mol. The van der Waals surface area contributed by atoms with Gasteiger partial charge in [-0.25, -0.2) is 0 Å². The van der Waals surface area contributed by atoms with Crippen molar-refractivity contribution in [3.8, 4) is 5.75 Å². The third-order valence-corrected chi connectivity index (χ3v) is 2.65. The second-order valence-electron chi connectivity index (χ2n) is 4.22. The van der Waals surface area contributed by atoms with E-state index in [1.165, 1.54) is 0 Å². The smallest absolute Gasteiger partial charge is 0.262 e. The zero-order valence-corrected chi connectivity index (χ0v) is 10.7. The van der Waals surface area contributed by atoms with E-state index < -0.39 is 0 Å². The van der Waals surface area contributed by atoms with E-state index in [1.807, 2.05) is 31.2 Å². The van der Waals surface area contributed by atoms with Crippen molar-refractivity contribution in [2.24, 2.45) is 0 Å². The van der Waals surface area contributed by atoms with Crippen molar-refractivity contribution in [2.75, 3.05) is 17.7 Å². The number of para-hydroxylation sites is 1. The van der Waals surface area contributed by atoms with Crippen molar-refractivity contribution in [1.82, 2.24) is 0 Å². The summed E-state index contributed by atoms with van der Waals surface area (Å²) in [6.45, 7) is 1.92. The molecule has 0 aromatic heterocycles. The molecule has 0 aliphatic heterocycles. The Morgan fingerprint density at radius 3 is 2.53 bits per heavy atom. The van der Waals surface area contributed by atoms with Crippen LogP contribution in [0.3, 0.4) is 0 Å². The number of nitrogen functional groups attached to an aromatic ring is 1. The fourth-order valence-electron chi connectivity index (χ4n) is 1.63. The van der Waals surface area contributed by atoms with E-state index in [0.717, 1.165) is 11.3 Å². The van der Waals surface area contributed by atoms with Crippen LogP contribution >= 0.6 is 0 Å². The van der Waals surface area contributed by atoms with Crippen LogP contribution in [0.5, 0.6) is 5.75 Å². The number of carbonyl (C=O) groups is 1. The number of nitrogens with two attached hydrogens (primary N) is 1. The van der Waals surface area contributed by atoms with Crippen LogP contribution < -0.4 is 15.8 Å². The highest BCUT2D eigenvalue weighted by Gasteiger charge is 2.04. The number of hydrogen-bond donors (Lipinski definition) is 2. The molecule has 0 bridgehead atoms. The lowest BCUT2D eigenvalue weighted by atomic mass is 10.2. The number of hydrogen-bond acceptors (Lipinski definition) is 3. The Balaban J connectivity index is 1.88. The molecule has 2 aromatic carbocycles. The van der Waals surface area contributed by atoms with Crippen LogP contribution in [0, 0.1) is 6.92 Å². The topological polar surface area (TPSA) is 64.3 Å². The molecule has 98 valence electrons. The molecule has 0 saturated heterocycles. The Labute approximate surface area is 112 Å². The lowest BCUT2D eigenvalue weighted by Gasteiger charge is -2.09. The highest BCUT2D eigenvalue weighted by Crippen LogP contribution is 2.16. The Kier molecular flexibility index (Phi) is 4.03. The molecule has 0 heterocycles. The molecule has 0 fully saturated rings. The summed E-state index contributed by atoms with van der Waals surface area (Å²) in [5.41, 5.74) is 7.94. The molecule has 0 atom stereocenters. The summed E-state index contributed by atoms with van der Waals surface area (Å²) in [6, 6.07) is 14.5. The number of ether oxygens (including phenoxy) is 1. The molecule has 2 rings (SSSR count). The standard InChI is InChI=1S/C15H16N2O2/c1-11-4-2-3-5-14(11)19-10-15(18)17-13-8-6-12(16)7-9-13/h2-9H,10,16H2,1H3,(H,17,18). The van der Waals surface area contributed by atoms with Gasteiger partial charge in [-0.05, 0) is 42.8 Å². The number of anilines is 2. The monoisotopic (exact) mass is 256 g/mol. The van der Waals surface area contributed by atoms with Crippen molar-refractivity contribution in [3.05, 3.63) is 54.1 Å². The molecule has 4 nitrogen and oxygen atoms in total. The Morgan fingerprint density at radius 2 is 1.84 bits per heavy atom. The number of nitrogens with one attached hydrogen (secondary N) is 1. The van der Waals surface area contributed by atoms with Crippen molar-refractivity contribution in [2.45, 2.75) is 6.92 Å². The number of amides is 1. The van der Waals surface area contributed by atoms with Gasteiger partial charge in [-0.2, -0.15) is 0 Å². The van der Waals surface area contributed by atoms with E-state index in [1.54, 1.807) is 24.3 Å². The first kappa shape index (κ1) is 13.0. The zero-order valence-electron chi connectivity index (χ0n) is 10.7. The minimum atomic E-state index is -0.201. The molecule has 0 radical (unpaired) electrons. The molecule has 0 saturated carbocycles. The van der Waals surface area contributed by atoms with Crippen molar-refractivity contribution >= 4 is 17.3 Å². The fraction of sp³-hybridized carbons (Fsp3) is 0.133. The number of aryl methyl sites for hydroxylation is 1. The van der Waals surface area contributed by atoms with Gasteiger partial charge in [-0.15, -0.1) is 0 Å². The van der Waals surface area contributed by atoms with Gasteiger partial charge >= 0.3 is 0 Å². The average molecular weight is 256 g/mol. The second-order valence-corrected chi connectivity index (χ2v) is 4.22. The summed E-state index contributed by atoms with van der Waals surface area (Å²) in [5.74, 6) is 0.517. The largest absolute Gasteiger partial charge is 0.483 e. The molecule has 19 heavy (non-hydrogen) atoms. The van der Waals surface area contributed by atoms with E-state index in [2.05, 4.69) is 5.32 Å². The molecule has 0 aliphatic rings. The van der Waals surface area contributed by atoms with Gasteiger partial charge in [-0.3, -0.25) is 4.79 Å². The van der Waals surface area contributed by atoms with Gasteiger partial charge in [-0.1, -0.05) is 18.2 Å². The van der Waals surface area contributed by atoms with E-state index in [-0.39, 0.29) is 12.5 Å². The van der Waals surface area contributed by atoms with Crippen LogP contribution in [0.1, 0.15) is 5.56 Å². The number of rotatable bonds is 4. The van der Waals surface area contributed by atoms with Gasteiger partial charge in [0.05, 0.1) is 0 Å². The molecule has 4 heteroatoms. The fourth-order valence-corrected chi connectivity index (χ4v) is 1.63. The molecule has 3 N–H and O–H groups in total. The summed E-state index contributed by atoms with van der Waals surface area (Å²) in [5, 5.41) is 2.74. The normalized spacial score (nSPS) is 9.95. The van der Waals surface area contributed by atoms with Crippen LogP contribution in [0.25, 0.3) is 0 Å². The number of carbonyl (C=O) groups excluding carboxylic acids is 1.